The number of para-hydroxylation sites is 1. The van der Waals surface area contributed by atoms with E-state index in [4.69, 9.17) is 4.98 Å². The second-order valence-electron chi connectivity index (χ2n) is 14.1. The third-order valence-electron chi connectivity index (χ3n) is 10.3. The number of halogens is 1. The number of thiophene rings is 1. The molecule has 7 rings (SSSR count). The number of imidazole rings is 1. The zero-order valence-electron chi connectivity index (χ0n) is 29.8. The zero-order chi connectivity index (χ0) is 36.8. The molecule has 5 heterocycles. The molecule has 1 atom stereocenters. The zero-order valence-corrected chi connectivity index (χ0v) is 30.6. The normalized spacial score (nSPS) is 16.0. The van der Waals surface area contributed by atoms with Gasteiger partial charge in [-0.25, -0.2) is 14.4 Å². The molecule has 0 spiro atoms. The van der Waals surface area contributed by atoms with E-state index in [9.17, 15) is 19.8 Å². The summed E-state index contributed by atoms with van der Waals surface area (Å²) in [5.41, 5.74) is 2.45. The number of aliphatic hydroxyl groups is 2. The summed E-state index contributed by atoms with van der Waals surface area (Å²) >= 11 is 1.19. The summed E-state index contributed by atoms with van der Waals surface area (Å²) < 4.78 is 17.9. The SMILES string of the molecule is CCCC1(CCO)CN(c2nc(C)ccc2C(=O)Nc2ccc(C(=O)N3CCc4c(sc(C(C)(O)c5nccn5C)c4F)-c4ccccc43)cc2)C1.[HH]. The van der Waals surface area contributed by atoms with Crippen LogP contribution in [0.25, 0.3) is 10.4 Å². The van der Waals surface area contributed by atoms with Gasteiger partial charge in [-0.05, 0) is 75.6 Å². The number of benzene rings is 2. The maximum absolute atomic E-state index is 16.2. The number of nitrogens with one attached hydrogen (secondary N) is 1. The Morgan fingerprint density at radius 1 is 1.10 bits per heavy atom. The maximum Gasteiger partial charge on any atom is 0.259 e. The largest absolute Gasteiger partial charge is 0.396 e. The Hall–Kier alpha value is -4.91. The van der Waals surface area contributed by atoms with Gasteiger partial charge in [0.2, 0.25) is 0 Å². The highest BCUT2D eigenvalue weighted by Gasteiger charge is 2.43. The van der Waals surface area contributed by atoms with Gasteiger partial charge in [0, 0.05) is 85.5 Å². The van der Waals surface area contributed by atoms with Crippen LogP contribution in [0.15, 0.2) is 73.1 Å². The highest BCUT2D eigenvalue weighted by molar-refractivity contribution is 7.16. The fourth-order valence-electron chi connectivity index (χ4n) is 7.72. The van der Waals surface area contributed by atoms with E-state index in [2.05, 4.69) is 22.1 Å². The van der Waals surface area contributed by atoms with Crippen molar-refractivity contribution in [3.05, 3.63) is 112 Å². The summed E-state index contributed by atoms with van der Waals surface area (Å²) in [6.45, 7) is 7.44. The Bertz CT molecular complexity index is 2130. The van der Waals surface area contributed by atoms with Gasteiger partial charge in [-0.3, -0.25) is 9.59 Å². The number of carbonyl (C=O) groups excluding carboxylic acids is 2. The number of anilines is 3. The molecule has 3 N–H and O–H groups in total. The first kappa shape index (κ1) is 35.5. The van der Waals surface area contributed by atoms with E-state index in [1.54, 1.807) is 66.2 Å². The predicted molar refractivity (Wildman–Crippen MR) is 204 cm³/mol. The number of aromatic nitrogens is 3. The molecule has 1 fully saturated rings. The highest BCUT2D eigenvalue weighted by atomic mass is 32.1. The number of hydrogen-bond donors (Lipinski definition) is 3. The Labute approximate surface area is 308 Å². The number of pyridine rings is 1. The van der Waals surface area contributed by atoms with Crippen LogP contribution in [0.4, 0.5) is 21.6 Å². The number of aliphatic hydroxyl groups excluding tert-OH is 1. The van der Waals surface area contributed by atoms with Crippen LogP contribution >= 0.6 is 11.3 Å². The van der Waals surface area contributed by atoms with Crippen molar-refractivity contribution in [2.75, 3.05) is 41.4 Å². The molecule has 0 radical (unpaired) electrons. The van der Waals surface area contributed by atoms with Crippen LogP contribution in [0.3, 0.4) is 0 Å². The van der Waals surface area contributed by atoms with Crippen molar-refractivity contribution in [3.63, 3.8) is 0 Å². The first-order valence-electron chi connectivity index (χ1n) is 17.6. The lowest BCUT2D eigenvalue weighted by Crippen LogP contribution is -2.57. The Kier molecular flexibility index (Phi) is 9.49. The van der Waals surface area contributed by atoms with Gasteiger partial charge >= 0.3 is 0 Å². The standard InChI is InChI=1S/C40H43FN6O4S.H2/c1-5-17-40(18-22-48)23-46(24-40)35-30(15-10-25(2)43-35)36(49)44-27-13-11-26(12-14-27)37(50)47-20-16-29-32(41)34(39(3,51)38-42-19-21-45(38)4)52-33(29)28-8-6-7-9-31(28)47;/h6-15,19,21,48,51H,5,16-18,20,22-24H2,1-4H3,(H,44,49);1H. The maximum atomic E-state index is 16.2. The molecule has 1 saturated heterocycles. The summed E-state index contributed by atoms with van der Waals surface area (Å²) in [6, 6.07) is 17.8. The molecule has 2 aromatic carbocycles. The number of amides is 2. The van der Waals surface area contributed by atoms with E-state index in [1.165, 1.54) is 11.3 Å². The quantitative estimate of drug-likeness (QED) is 0.143. The van der Waals surface area contributed by atoms with Gasteiger partial charge in [-0.15, -0.1) is 11.3 Å². The second-order valence-corrected chi connectivity index (χ2v) is 15.2. The summed E-state index contributed by atoms with van der Waals surface area (Å²) in [5, 5.41) is 24.1. The monoisotopic (exact) mass is 724 g/mol. The number of hydrogen-bond acceptors (Lipinski definition) is 8. The lowest BCUT2D eigenvalue weighted by molar-refractivity contribution is 0.0891. The molecule has 5 aromatic rings. The molecule has 0 saturated carbocycles. The van der Waals surface area contributed by atoms with Gasteiger partial charge in [-0.2, -0.15) is 0 Å². The predicted octanol–water partition coefficient (Wildman–Crippen LogP) is 6.94. The summed E-state index contributed by atoms with van der Waals surface area (Å²) in [6.07, 6.45) is 6.30. The minimum absolute atomic E-state index is 0. The van der Waals surface area contributed by atoms with Crippen LogP contribution in [0.2, 0.25) is 0 Å². The molecule has 0 bridgehead atoms. The minimum Gasteiger partial charge on any atom is -0.396 e. The molecule has 0 aliphatic carbocycles. The van der Waals surface area contributed by atoms with Crippen LogP contribution < -0.4 is 15.1 Å². The van der Waals surface area contributed by atoms with Crippen molar-refractivity contribution in [3.8, 4) is 10.4 Å². The van der Waals surface area contributed by atoms with Gasteiger partial charge in [0.25, 0.3) is 11.8 Å². The van der Waals surface area contributed by atoms with Crippen LogP contribution in [-0.2, 0) is 19.1 Å². The van der Waals surface area contributed by atoms with Gasteiger partial charge in [-0.1, -0.05) is 31.5 Å². The lowest BCUT2D eigenvalue weighted by atomic mass is 9.73. The number of fused-ring (bicyclic) bond motifs is 3. The molecule has 1 unspecified atom stereocenters. The number of aryl methyl sites for hydroxylation is 2. The van der Waals surface area contributed by atoms with E-state index in [0.29, 0.717) is 50.1 Å². The Morgan fingerprint density at radius 3 is 2.54 bits per heavy atom. The first-order chi connectivity index (χ1) is 25.0. The van der Waals surface area contributed by atoms with Crippen LogP contribution in [-0.4, -0.2) is 62.8 Å². The lowest BCUT2D eigenvalue weighted by Gasteiger charge is -2.51. The molecule has 10 nitrogen and oxygen atoms in total. The van der Waals surface area contributed by atoms with Gasteiger partial charge in [0.05, 0.1) is 16.1 Å². The smallest absolute Gasteiger partial charge is 0.259 e. The topological polar surface area (TPSA) is 124 Å². The molecular formula is C40H45FN6O4S. The van der Waals surface area contributed by atoms with E-state index in [1.807, 2.05) is 37.3 Å². The van der Waals surface area contributed by atoms with Crippen molar-refractivity contribution < 1.29 is 25.6 Å². The summed E-state index contributed by atoms with van der Waals surface area (Å²) in [5.74, 6) is -0.0582. The van der Waals surface area contributed by atoms with Crippen molar-refractivity contribution in [1.82, 2.24) is 14.5 Å². The number of rotatable bonds is 10. The van der Waals surface area contributed by atoms with Crippen LogP contribution in [0.5, 0.6) is 0 Å². The first-order valence-corrected chi connectivity index (χ1v) is 18.5. The van der Waals surface area contributed by atoms with E-state index >= 15 is 4.39 Å². The van der Waals surface area contributed by atoms with Gasteiger partial charge in [0.15, 0.2) is 5.60 Å². The van der Waals surface area contributed by atoms with Crippen LogP contribution in [0, 0.1) is 18.2 Å². The van der Waals surface area contributed by atoms with Crippen molar-refractivity contribution in [2.45, 2.75) is 52.1 Å². The average molecular weight is 725 g/mol. The molecule has 12 heteroatoms. The van der Waals surface area contributed by atoms with E-state index < -0.39 is 11.4 Å². The second kappa shape index (κ2) is 13.9. The van der Waals surface area contributed by atoms with Gasteiger partial charge in [0.1, 0.15) is 17.5 Å². The average Bonchev–Trinajstić information content (AvgIpc) is 3.66. The molecular weight excluding hydrogens is 680 g/mol. The fourth-order valence-corrected chi connectivity index (χ4v) is 9.03. The summed E-state index contributed by atoms with van der Waals surface area (Å²) in [7, 11) is 1.76. The molecule has 2 amide bonds. The Balaban J connectivity index is 0.00000481. The molecule has 2 aliphatic rings. The molecule has 2 aliphatic heterocycles. The highest BCUT2D eigenvalue weighted by Crippen LogP contribution is 2.47. The van der Waals surface area contributed by atoms with E-state index in [-0.39, 0.29) is 43.1 Å². The number of nitrogens with zero attached hydrogens (tertiary/aromatic N) is 5. The fraction of sp³-hybridized carbons (Fsp3) is 0.350. The molecule has 272 valence electrons. The Morgan fingerprint density at radius 2 is 1.85 bits per heavy atom. The minimum atomic E-state index is -1.64. The van der Waals surface area contributed by atoms with E-state index in [0.717, 1.165) is 38.0 Å². The van der Waals surface area contributed by atoms with Crippen molar-refractivity contribution in [2.24, 2.45) is 12.5 Å². The molecule has 52 heavy (non-hydrogen) atoms. The van der Waals surface area contributed by atoms with Gasteiger partial charge < -0.3 is 29.9 Å². The molecule has 3 aromatic heterocycles. The van der Waals surface area contributed by atoms with Crippen LogP contribution in [0.1, 0.15) is 77.2 Å². The third kappa shape index (κ3) is 6.29. The van der Waals surface area contributed by atoms with Crippen molar-refractivity contribution in [1.29, 1.82) is 0 Å². The van der Waals surface area contributed by atoms with Crippen molar-refractivity contribution >= 4 is 40.3 Å². The number of carbonyl (C=O) groups is 2. The summed E-state index contributed by atoms with van der Waals surface area (Å²) in [4.78, 5) is 41.3. The third-order valence-corrected chi connectivity index (χ3v) is 11.8.